The monoisotopic (exact) mass is 411 g/mol. The summed E-state index contributed by atoms with van der Waals surface area (Å²) < 4.78 is 1.72. The van der Waals surface area contributed by atoms with Crippen LogP contribution in [0.2, 0.25) is 0 Å². The summed E-state index contributed by atoms with van der Waals surface area (Å²) in [4.78, 5) is 13.9. The summed E-state index contributed by atoms with van der Waals surface area (Å²) in [6.07, 6.45) is 0. The van der Waals surface area contributed by atoms with Crippen LogP contribution in [-0.2, 0) is 0 Å². The van der Waals surface area contributed by atoms with E-state index < -0.39 is 0 Å². The Labute approximate surface area is 121 Å². The predicted octanol–water partition coefficient (Wildman–Crippen LogP) is 4.07. The highest BCUT2D eigenvalue weighted by molar-refractivity contribution is 9.11. The van der Waals surface area contributed by atoms with Gasteiger partial charge < -0.3 is 4.90 Å². The Kier molecular flexibility index (Phi) is 5.47. The van der Waals surface area contributed by atoms with Crippen LogP contribution < -0.4 is 0 Å². The lowest BCUT2D eigenvalue weighted by Gasteiger charge is -2.23. The van der Waals surface area contributed by atoms with E-state index in [2.05, 4.69) is 47.8 Å². The SMILES string of the molecule is CC(CBr)N(C)C(=O)c1cc(Br)ccc1Br. The van der Waals surface area contributed by atoms with E-state index >= 15 is 0 Å². The molecule has 0 saturated heterocycles. The average Bonchev–Trinajstić information content (AvgIpc) is 2.29. The summed E-state index contributed by atoms with van der Waals surface area (Å²) >= 11 is 10.1. The molecule has 0 aromatic heterocycles. The molecular weight excluding hydrogens is 402 g/mol. The van der Waals surface area contributed by atoms with Crippen LogP contribution in [0.15, 0.2) is 27.1 Å². The topological polar surface area (TPSA) is 20.3 Å². The molecule has 0 saturated carbocycles. The number of carbonyl (C=O) groups is 1. The molecule has 1 unspecified atom stereocenters. The van der Waals surface area contributed by atoms with Crippen LogP contribution in [0.3, 0.4) is 0 Å². The van der Waals surface area contributed by atoms with Gasteiger partial charge in [0, 0.05) is 27.4 Å². The maximum absolute atomic E-state index is 12.2. The van der Waals surface area contributed by atoms with Crippen LogP contribution in [0.1, 0.15) is 17.3 Å². The quantitative estimate of drug-likeness (QED) is 0.684. The van der Waals surface area contributed by atoms with E-state index in [1.807, 2.05) is 32.2 Å². The van der Waals surface area contributed by atoms with Crippen molar-refractivity contribution in [3.05, 3.63) is 32.7 Å². The van der Waals surface area contributed by atoms with Gasteiger partial charge in [-0.3, -0.25) is 4.79 Å². The lowest BCUT2D eigenvalue weighted by atomic mass is 10.2. The highest BCUT2D eigenvalue weighted by Gasteiger charge is 2.18. The number of hydrogen-bond acceptors (Lipinski definition) is 1. The number of amides is 1. The van der Waals surface area contributed by atoms with Crippen LogP contribution in [-0.4, -0.2) is 29.2 Å². The summed E-state index contributed by atoms with van der Waals surface area (Å²) in [5.74, 6) is 0.0140. The first-order chi connectivity index (χ1) is 7.47. The minimum absolute atomic E-state index is 0.0140. The summed E-state index contributed by atoms with van der Waals surface area (Å²) in [5.41, 5.74) is 0.671. The standard InChI is InChI=1S/C11H12Br3NO/c1-7(6-12)15(2)11(16)9-5-8(13)3-4-10(9)14/h3-5,7H,6H2,1-2H3. The number of nitrogens with zero attached hydrogens (tertiary/aromatic N) is 1. The molecule has 0 bridgehead atoms. The molecule has 88 valence electrons. The molecule has 1 amide bonds. The normalized spacial score (nSPS) is 12.3. The molecule has 0 N–H and O–H groups in total. The Bertz CT molecular complexity index is 395. The van der Waals surface area contributed by atoms with Gasteiger partial charge in [-0.05, 0) is 41.1 Å². The lowest BCUT2D eigenvalue weighted by Crippen LogP contribution is -2.36. The molecule has 1 atom stereocenters. The highest BCUT2D eigenvalue weighted by Crippen LogP contribution is 2.23. The third-order valence-corrected chi connectivity index (χ3v) is 4.49. The molecule has 0 radical (unpaired) electrons. The fraction of sp³-hybridized carbons (Fsp3) is 0.364. The Morgan fingerprint density at radius 3 is 2.62 bits per heavy atom. The second-order valence-corrected chi connectivity index (χ2v) is 5.96. The summed E-state index contributed by atoms with van der Waals surface area (Å²) in [7, 11) is 1.81. The summed E-state index contributed by atoms with van der Waals surface area (Å²) in [5, 5.41) is 0.765. The average molecular weight is 414 g/mol. The Balaban J connectivity index is 3.00. The first-order valence-corrected chi connectivity index (χ1v) is 7.46. The van der Waals surface area contributed by atoms with Gasteiger partial charge in [-0.2, -0.15) is 0 Å². The molecule has 2 nitrogen and oxygen atoms in total. The second kappa shape index (κ2) is 6.17. The van der Waals surface area contributed by atoms with Crippen molar-refractivity contribution in [1.29, 1.82) is 0 Å². The third kappa shape index (κ3) is 3.31. The fourth-order valence-electron chi connectivity index (χ4n) is 1.16. The van der Waals surface area contributed by atoms with E-state index in [0.29, 0.717) is 5.56 Å². The van der Waals surface area contributed by atoms with Gasteiger partial charge in [0.1, 0.15) is 0 Å². The summed E-state index contributed by atoms with van der Waals surface area (Å²) in [6, 6.07) is 5.75. The zero-order chi connectivity index (χ0) is 12.3. The number of carbonyl (C=O) groups excluding carboxylic acids is 1. The number of halogens is 3. The number of alkyl halides is 1. The van der Waals surface area contributed by atoms with Crippen molar-refractivity contribution in [2.75, 3.05) is 12.4 Å². The molecule has 1 aromatic carbocycles. The minimum atomic E-state index is 0.0140. The Hall–Kier alpha value is 0.130. The van der Waals surface area contributed by atoms with E-state index in [4.69, 9.17) is 0 Å². The molecule has 0 heterocycles. The zero-order valence-corrected chi connectivity index (χ0v) is 13.8. The molecule has 0 fully saturated rings. The minimum Gasteiger partial charge on any atom is -0.338 e. The van der Waals surface area contributed by atoms with E-state index in [1.165, 1.54) is 0 Å². The van der Waals surface area contributed by atoms with Crippen molar-refractivity contribution in [3.8, 4) is 0 Å². The van der Waals surface area contributed by atoms with Gasteiger partial charge in [0.2, 0.25) is 0 Å². The van der Waals surface area contributed by atoms with Crippen LogP contribution in [0.25, 0.3) is 0 Å². The molecule has 5 heteroatoms. The molecule has 16 heavy (non-hydrogen) atoms. The van der Waals surface area contributed by atoms with E-state index in [-0.39, 0.29) is 11.9 Å². The number of rotatable bonds is 3. The molecule has 0 spiro atoms. The van der Waals surface area contributed by atoms with Crippen molar-refractivity contribution in [2.24, 2.45) is 0 Å². The smallest absolute Gasteiger partial charge is 0.255 e. The van der Waals surface area contributed by atoms with Crippen LogP contribution in [0.5, 0.6) is 0 Å². The van der Waals surface area contributed by atoms with Gasteiger partial charge in [-0.25, -0.2) is 0 Å². The lowest BCUT2D eigenvalue weighted by molar-refractivity contribution is 0.0757. The van der Waals surface area contributed by atoms with Gasteiger partial charge in [-0.15, -0.1) is 0 Å². The first-order valence-electron chi connectivity index (χ1n) is 4.75. The molecule has 1 aromatic rings. The fourth-order valence-corrected chi connectivity index (χ4v) is 2.37. The van der Waals surface area contributed by atoms with Crippen LogP contribution in [0.4, 0.5) is 0 Å². The van der Waals surface area contributed by atoms with Crippen molar-refractivity contribution in [3.63, 3.8) is 0 Å². The van der Waals surface area contributed by atoms with Crippen LogP contribution in [0, 0.1) is 0 Å². The van der Waals surface area contributed by atoms with Gasteiger partial charge in [0.15, 0.2) is 0 Å². The van der Waals surface area contributed by atoms with Crippen LogP contribution >= 0.6 is 47.8 Å². The van der Waals surface area contributed by atoms with Crippen molar-refractivity contribution in [1.82, 2.24) is 4.90 Å². The Morgan fingerprint density at radius 1 is 1.44 bits per heavy atom. The Morgan fingerprint density at radius 2 is 2.06 bits per heavy atom. The molecular formula is C11H12Br3NO. The van der Waals surface area contributed by atoms with E-state index in [9.17, 15) is 4.79 Å². The number of benzene rings is 1. The molecule has 0 aliphatic carbocycles. The zero-order valence-electron chi connectivity index (χ0n) is 9.01. The molecule has 0 aliphatic rings. The van der Waals surface area contributed by atoms with Gasteiger partial charge in [0.05, 0.1) is 5.56 Å². The van der Waals surface area contributed by atoms with Crippen molar-refractivity contribution >= 4 is 53.7 Å². The molecule has 1 rings (SSSR count). The van der Waals surface area contributed by atoms with E-state index in [0.717, 1.165) is 14.3 Å². The third-order valence-electron chi connectivity index (χ3n) is 2.36. The second-order valence-electron chi connectivity index (χ2n) is 3.54. The van der Waals surface area contributed by atoms with Crippen molar-refractivity contribution in [2.45, 2.75) is 13.0 Å². The first kappa shape index (κ1) is 14.2. The van der Waals surface area contributed by atoms with E-state index in [1.54, 1.807) is 4.90 Å². The summed E-state index contributed by atoms with van der Waals surface area (Å²) in [6.45, 7) is 2.00. The molecule has 0 aliphatic heterocycles. The maximum atomic E-state index is 12.2. The van der Waals surface area contributed by atoms with Gasteiger partial charge in [0.25, 0.3) is 5.91 Å². The maximum Gasteiger partial charge on any atom is 0.255 e. The van der Waals surface area contributed by atoms with Crippen molar-refractivity contribution < 1.29 is 4.79 Å². The number of hydrogen-bond donors (Lipinski definition) is 0. The highest BCUT2D eigenvalue weighted by atomic mass is 79.9. The predicted molar refractivity (Wildman–Crippen MR) is 77.2 cm³/mol. The van der Waals surface area contributed by atoms with Gasteiger partial charge in [-0.1, -0.05) is 31.9 Å². The largest absolute Gasteiger partial charge is 0.338 e. The van der Waals surface area contributed by atoms with Gasteiger partial charge >= 0.3 is 0 Å².